The Morgan fingerprint density at radius 1 is 1.17 bits per heavy atom. The van der Waals surface area contributed by atoms with Crippen LogP contribution in [-0.4, -0.2) is 25.2 Å². The van der Waals surface area contributed by atoms with Gasteiger partial charge in [0.2, 0.25) is 0 Å². The van der Waals surface area contributed by atoms with E-state index < -0.39 is 14.6 Å². The van der Waals surface area contributed by atoms with Crippen molar-refractivity contribution in [3.05, 3.63) is 47.3 Å². The van der Waals surface area contributed by atoms with Gasteiger partial charge in [-0.2, -0.15) is 0 Å². The first-order valence-electron chi connectivity index (χ1n) is 7.57. The second-order valence-electron chi connectivity index (χ2n) is 6.09. The number of rotatable bonds is 7. The summed E-state index contributed by atoms with van der Waals surface area (Å²) >= 11 is 1.70. The molecule has 1 unspecified atom stereocenters. The smallest absolute Gasteiger partial charge is 0.159 e. The third kappa shape index (κ3) is 4.09. The molecule has 1 aromatic heterocycles. The second-order valence-corrected chi connectivity index (χ2v) is 9.48. The average Bonchev–Trinajstić information content (AvgIpc) is 3.00. The van der Waals surface area contributed by atoms with Crippen molar-refractivity contribution in [2.24, 2.45) is 0 Å². The minimum Gasteiger partial charge on any atom is -0.298 e. The number of Topliss-reactive ketones (excluding diaryl/α,β-unsaturated/α-hetero) is 1. The monoisotopic (exact) mass is 350 g/mol. The van der Waals surface area contributed by atoms with Crippen LogP contribution in [0.5, 0.6) is 0 Å². The fourth-order valence-electron chi connectivity index (χ4n) is 2.53. The van der Waals surface area contributed by atoms with Crippen LogP contribution in [0.4, 0.5) is 0 Å². The van der Waals surface area contributed by atoms with Gasteiger partial charge in [-0.3, -0.25) is 4.79 Å². The maximum atomic E-state index is 11.9. The second kappa shape index (κ2) is 6.97. The summed E-state index contributed by atoms with van der Waals surface area (Å²) in [5.74, 6) is -0.284. The Morgan fingerprint density at radius 3 is 2.30 bits per heavy atom. The summed E-state index contributed by atoms with van der Waals surface area (Å²) in [7, 11) is -3.40. The zero-order chi connectivity index (χ0) is 17.1. The van der Waals surface area contributed by atoms with Gasteiger partial charge in [0.15, 0.2) is 15.6 Å². The van der Waals surface area contributed by atoms with Crippen molar-refractivity contribution in [2.75, 3.05) is 6.26 Å². The zero-order valence-corrected chi connectivity index (χ0v) is 15.3. The molecule has 0 saturated heterocycles. The molecule has 2 aromatic rings. The van der Waals surface area contributed by atoms with Gasteiger partial charge in [0.05, 0.1) is 0 Å². The molecule has 5 heteroatoms. The molecule has 2 rings (SSSR count). The third-order valence-electron chi connectivity index (χ3n) is 4.44. The van der Waals surface area contributed by atoms with Crippen LogP contribution in [0, 0.1) is 0 Å². The molecule has 0 radical (unpaired) electrons. The molecule has 23 heavy (non-hydrogen) atoms. The van der Waals surface area contributed by atoms with E-state index in [-0.39, 0.29) is 5.78 Å². The number of benzene rings is 1. The van der Waals surface area contributed by atoms with Crippen LogP contribution in [0.1, 0.15) is 32.3 Å². The van der Waals surface area contributed by atoms with Crippen molar-refractivity contribution in [1.29, 1.82) is 0 Å². The van der Waals surface area contributed by atoms with Crippen molar-refractivity contribution in [2.45, 2.75) is 37.9 Å². The van der Waals surface area contributed by atoms with Gasteiger partial charge < -0.3 is 0 Å². The molecule has 1 atom stereocenters. The average molecular weight is 351 g/mol. The van der Waals surface area contributed by atoms with E-state index in [1.54, 1.807) is 11.3 Å². The SMILES string of the molecule is CC(=O)C(C)(CCCc1ccc(-c2cccs2)cc1)S(C)(=O)=O. The highest BCUT2D eigenvalue weighted by Gasteiger charge is 2.39. The van der Waals surface area contributed by atoms with E-state index in [2.05, 4.69) is 35.7 Å². The first-order valence-corrected chi connectivity index (χ1v) is 10.3. The van der Waals surface area contributed by atoms with E-state index in [0.717, 1.165) is 18.2 Å². The van der Waals surface area contributed by atoms with Gasteiger partial charge in [-0.15, -0.1) is 11.3 Å². The van der Waals surface area contributed by atoms with Gasteiger partial charge in [-0.1, -0.05) is 30.3 Å². The van der Waals surface area contributed by atoms with Gasteiger partial charge in [-0.25, -0.2) is 8.42 Å². The molecule has 0 spiro atoms. The van der Waals surface area contributed by atoms with Gasteiger partial charge >= 0.3 is 0 Å². The Kier molecular flexibility index (Phi) is 5.42. The number of ketones is 1. The van der Waals surface area contributed by atoms with Gasteiger partial charge in [0.1, 0.15) is 4.75 Å². The first-order chi connectivity index (χ1) is 10.7. The standard InChI is InChI=1S/C18H22O3S2/c1-14(19)18(2,23(3,20)21)12-4-6-15-8-10-16(11-9-15)17-7-5-13-22-17/h5,7-11,13H,4,6,12H2,1-3H3. The lowest BCUT2D eigenvalue weighted by Crippen LogP contribution is -2.41. The van der Waals surface area contributed by atoms with E-state index in [1.165, 1.54) is 24.3 Å². The molecule has 1 aromatic carbocycles. The minimum absolute atomic E-state index is 0.284. The van der Waals surface area contributed by atoms with Crippen LogP contribution in [-0.2, 0) is 21.1 Å². The van der Waals surface area contributed by atoms with Crippen LogP contribution in [0.3, 0.4) is 0 Å². The van der Waals surface area contributed by atoms with Crippen LogP contribution in [0.25, 0.3) is 10.4 Å². The van der Waals surface area contributed by atoms with Crippen molar-refractivity contribution in [1.82, 2.24) is 0 Å². The Morgan fingerprint density at radius 2 is 1.83 bits per heavy atom. The topological polar surface area (TPSA) is 51.2 Å². The quantitative estimate of drug-likeness (QED) is 0.754. The van der Waals surface area contributed by atoms with Crippen molar-refractivity contribution in [3.63, 3.8) is 0 Å². The molecule has 0 saturated carbocycles. The summed E-state index contributed by atoms with van der Waals surface area (Å²) in [6, 6.07) is 12.4. The number of carbonyl (C=O) groups is 1. The largest absolute Gasteiger partial charge is 0.298 e. The minimum atomic E-state index is -3.40. The molecular weight excluding hydrogens is 328 g/mol. The zero-order valence-electron chi connectivity index (χ0n) is 13.7. The normalized spacial score (nSPS) is 14.4. The molecule has 0 N–H and O–H groups in total. The number of hydrogen-bond acceptors (Lipinski definition) is 4. The lowest BCUT2D eigenvalue weighted by atomic mass is 9.97. The molecule has 0 fully saturated rings. The van der Waals surface area contributed by atoms with E-state index in [4.69, 9.17) is 0 Å². The molecule has 0 aliphatic carbocycles. The van der Waals surface area contributed by atoms with E-state index in [1.807, 2.05) is 6.07 Å². The number of carbonyl (C=O) groups excluding carboxylic acids is 1. The lowest BCUT2D eigenvalue weighted by Gasteiger charge is -2.24. The number of hydrogen-bond donors (Lipinski definition) is 0. The van der Waals surface area contributed by atoms with Crippen LogP contribution in [0.2, 0.25) is 0 Å². The molecule has 0 amide bonds. The molecule has 0 aliphatic heterocycles. The van der Waals surface area contributed by atoms with Gasteiger partial charge in [0, 0.05) is 11.1 Å². The Bertz CT molecular complexity index is 759. The molecule has 0 bridgehead atoms. The highest BCUT2D eigenvalue weighted by atomic mass is 32.2. The maximum Gasteiger partial charge on any atom is 0.159 e. The van der Waals surface area contributed by atoms with Gasteiger partial charge in [0.25, 0.3) is 0 Å². The summed E-state index contributed by atoms with van der Waals surface area (Å²) in [4.78, 5) is 13.0. The highest BCUT2D eigenvalue weighted by molar-refractivity contribution is 7.92. The number of aryl methyl sites for hydroxylation is 1. The van der Waals surface area contributed by atoms with E-state index in [0.29, 0.717) is 12.8 Å². The van der Waals surface area contributed by atoms with Crippen molar-refractivity contribution >= 4 is 27.0 Å². The molecule has 3 nitrogen and oxygen atoms in total. The van der Waals surface area contributed by atoms with Crippen LogP contribution < -0.4 is 0 Å². The first kappa shape index (κ1) is 17.9. The van der Waals surface area contributed by atoms with Gasteiger partial charge in [-0.05, 0) is 55.7 Å². The fraction of sp³-hybridized carbons (Fsp3) is 0.389. The maximum absolute atomic E-state index is 11.9. The number of thiophene rings is 1. The van der Waals surface area contributed by atoms with E-state index >= 15 is 0 Å². The van der Waals surface area contributed by atoms with Crippen molar-refractivity contribution in [3.8, 4) is 10.4 Å². The molecule has 124 valence electrons. The summed E-state index contributed by atoms with van der Waals surface area (Å²) < 4.78 is 22.5. The molecule has 0 aliphatic rings. The van der Waals surface area contributed by atoms with E-state index in [9.17, 15) is 13.2 Å². The third-order valence-corrected chi connectivity index (χ3v) is 7.49. The fourth-order valence-corrected chi connectivity index (χ4v) is 4.30. The molecular formula is C18H22O3S2. The highest BCUT2D eigenvalue weighted by Crippen LogP contribution is 2.27. The Labute approximate surface area is 142 Å². The van der Waals surface area contributed by atoms with Crippen LogP contribution in [0.15, 0.2) is 41.8 Å². The summed E-state index contributed by atoms with van der Waals surface area (Å²) in [6.45, 7) is 2.89. The van der Waals surface area contributed by atoms with Crippen LogP contribution >= 0.6 is 11.3 Å². The van der Waals surface area contributed by atoms with Crippen molar-refractivity contribution < 1.29 is 13.2 Å². The predicted molar refractivity (Wildman–Crippen MR) is 96.6 cm³/mol. The summed E-state index contributed by atoms with van der Waals surface area (Å²) in [6.07, 6.45) is 2.93. The lowest BCUT2D eigenvalue weighted by molar-refractivity contribution is -0.119. The summed E-state index contributed by atoms with van der Waals surface area (Å²) in [5, 5.41) is 2.05. The molecule has 1 heterocycles. The Hall–Kier alpha value is -1.46. The predicted octanol–water partition coefficient (Wildman–Crippen LogP) is 4.13. The number of sulfone groups is 1. The summed E-state index contributed by atoms with van der Waals surface area (Å²) in [5.41, 5.74) is 2.35. The Balaban J connectivity index is 2.00.